The van der Waals surface area contributed by atoms with Crippen LogP contribution in [-0.4, -0.2) is 37.0 Å². The SMILES string of the molecule is CN(CC1CCCCN1)C(=O)Cc1ccccc1. The van der Waals surface area contributed by atoms with Crippen molar-refractivity contribution in [2.45, 2.75) is 31.7 Å². The number of nitrogens with one attached hydrogen (secondary N) is 1. The van der Waals surface area contributed by atoms with Gasteiger partial charge in [0.2, 0.25) is 5.91 Å². The molecule has 18 heavy (non-hydrogen) atoms. The van der Waals surface area contributed by atoms with Gasteiger partial charge in [0.1, 0.15) is 0 Å². The van der Waals surface area contributed by atoms with Crippen LogP contribution < -0.4 is 5.32 Å². The van der Waals surface area contributed by atoms with Crippen molar-refractivity contribution in [3.8, 4) is 0 Å². The highest BCUT2D eigenvalue weighted by molar-refractivity contribution is 5.78. The van der Waals surface area contributed by atoms with Crippen LogP contribution >= 0.6 is 0 Å². The van der Waals surface area contributed by atoms with Crippen LogP contribution in [0.5, 0.6) is 0 Å². The molecule has 3 heteroatoms. The zero-order valence-corrected chi connectivity index (χ0v) is 11.1. The first kappa shape index (κ1) is 13.1. The number of carbonyl (C=O) groups excluding carboxylic acids is 1. The van der Waals surface area contributed by atoms with Crippen molar-refractivity contribution in [1.29, 1.82) is 0 Å². The molecule has 1 amide bonds. The van der Waals surface area contributed by atoms with Crippen LogP contribution in [0.2, 0.25) is 0 Å². The number of carbonyl (C=O) groups is 1. The molecule has 0 aliphatic carbocycles. The molecular weight excluding hydrogens is 224 g/mol. The average Bonchev–Trinajstić information content (AvgIpc) is 2.41. The maximum Gasteiger partial charge on any atom is 0.226 e. The summed E-state index contributed by atoms with van der Waals surface area (Å²) in [6.07, 6.45) is 4.23. The number of hydrogen-bond acceptors (Lipinski definition) is 2. The van der Waals surface area contributed by atoms with Gasteiger partial charge in [-0.2, -0.15) is 0 Å². The summed E-state index contributed by atoms with van der Waals surface area (Å²) in [7, 11) is 1.90. The van der Waals surface area contributed by atoms with E-state index < -0.39 is 0 Å². The van der Waals surface area contributed by atoms with Crippen LogP contribution in [0.4, 0.5) is 0 Å². The van der Waals surface area contributed by atoms with E-state index in [0.29, 0.717) is 12.5 Å². The van der Waals surface area contributed by atoms with E-state index in [1.54, 1.807) is 0 Å². The number of likely N-dealkylation sites (N-methyl/N-ethyl adjacent to an activating group) is 1. The third kappa shape index (κ3) is 3.84. The van der Waals surface area contributed by atoms with E-state index in [0.717, 1.165) is 18.7 Å². The number of rotatable bonds is 4. The lowest BCUT2D eigenvalue weighted by Crippen LogP contribution is -2.44. The van der Waals surface area contributed by atoms with Crippen molar-refractivity contribution < 1.29 is 4.79 Å². The van der Waals surface area contributed by atoms with Gasteiger partial charge in [0.25, 0.3) is 0 Å². The number of amides is 1. The summed E-state index contributed by atoms with van der Waals surface area (Å²) in [5.41, 5.74) is 1.09. The third-order valence-electron chi connectivity index (χ3n) is 3.53. The molecular formula is C15H22N2O. The number of benzene rings is 1. The summed E-state index contributed by atoms with van der Waals surface area (Å²) in [5, 5.41) is 3.47. The summed E-state index contributed by atoms with van der Waals surface area (Å²) in [6, 6.07) is 10.4. The Labute approximate surface area is 109 Å². The van der Waals surface area contributed by atoms with E-state index in [1.807, 2.05) is 42.3 Å². The lowest BCUT2D eigenvalue weighted by atomic mass is 10.0. The molecule has 1 aromatic rings. The van der Waals surface area contributed by atoms with Gasteiger partial charge in [0.15, 0.2) is 0 Å². The van der Waals surface area contributed by atoms with Gasteiger partial charge in [-0.1, -0.05) is 36.8 Å². The van der Waals surface area contributed by atoms with E-state index in [4.69, 9.17) is 0 Å². The lowest BCUT2D eigenvalue weighted by molar-refractivity contribution is -0.129. The van der Waals surface area contributed by atoms with E-state index in [1.165, 1.54) is 19.3 Å². The zero-order chi connectivity index (χ0) is 12.8. The molecule has 3 nitrogen and oxygen atoms in total. The van der Waals surface area contributed by atoms with E-state index in [2.05, 4.69) is 5.32 Å². The minimum Gasteiger partial charge on any atom is -0.344 e. The second kappa shape index (κ2) is 6.55. The maximum atomic E-state index is 12.1. The molecule has 1 N–H and O–H groups in total. The molecule has 98 valence electrons. The molecule has 1 saturated heterocycles. The highest BCUT2D eigenvalue weighted by atomic mass is 16.2. The van der Waals surface area contributed by atoms with Gasteiger partial charge in [-0.05, 0) is 24.9 Å². The van der Waals surface area contributed by atoms with Crippen LogP contribution in [0.25, 0.3) is 0 Å². The first-order valence-corrected chi connectivity index (χ1v) is 6.77. The second-order valence-corrected chi connectivity index (χ2v) is 5.08. The van der Waals surface area contributed by atoms with Gasteiger partial charge < -0.3 is 10.2 Å². The van der Waals surface area contributed by atoms with Crippen molar-refractivity contribution in [3.63, 3.8) is 0 Å². The molecule has 1 aliphatic rings. The summed E-state index contributed by atoms with van der Waals surface area (Å²) >= 11 is 0. The van der Waals surface area contributed by atoms with Crippen molar-refractivity contribution >= 4 is 5.91 Å². The smallest absolute Gasteiger partial charge is 0.226 e. The van der Waals surface area contributed by atoms with E-state index in [9.17, 15) is 4.79 Å². The average molecular weight is 246 g/mol. The minimum absolute atomic E-state index is 0.202. The number of hydrogen-bond donors (Lipinski definition) is 1. The molecule has 1 fully saturated rings. The first-order chi connectivity index (χ1) is 8.75. The Balaban J connectivity index is 1.81. The molecule has 1 atom stereocenters. The molecule has 1 unspecified atom stereocenters. The fourth-order valence-corrected chi connectivity index (χ4v) is 2.42. The van der Waals surface area contributed by atoms with Gasteiger partial charge in [-0.15, -0.1) is 0 Å². The van der Waals surface area contributed by atoms with E-state index in [-0.39, 0.29) is 5.91 Å². The Morgan fingerprint density at radius 1 is 1.33 bits per heavy atom. The minimum atomic E-state index is 0.202. The predicted octanol–water partition coefficient (Wildman–Crippen LogP) is 1.83. The van der Waals surface area contributed by atoms with E-state index >= 15 is 0 Å². The van der Waals surface area contributed by atoms with Crippen molar-refractivity contribution in [3.05, 3.63) is 35.9 Å². The monoisotopic (exact) mass is 246 g/mol. The van der Waals surface area contributed by atoms with Gasteiger partial charge in [0, 0.05) is 19.6 Å². The van der Waals surface area contributed by atoms with Crippen LogP contribution in [-0.2, 0) is 11.2 Å². The first-order valence-electron chi connectivity index (χ1n) is 6.77. The highest BCUT2D eigenvalue weighted by Gasteiger charge is 2.17. The molecule has 0 spiro atoms. The van der Waals surface area contributed by atoms with Gasteiger partial charge in [0.05, 0.1) is 6.42 Å². The quantitative estimate of drug-likeness (QED) is 0.879. The predicted molar refractivity (Wildman–Crippen MR) is 73.4 cm³/mol. The third-order valence-corrected chi connectivity index (χ3v) is 3.53. The molecule has 0 bridgehead atoms. The van der Waals surface area contributed by atoms with Crippen molar-refractivity contribution in [1.82, 2.24) is 10.2 Å². The Bertz CT molecular complexity index is 371. The maximum absolute atomic E-state index is 12.1. The summed E-state index contributed by atoms with van der Waals surface area (Å²) in [4.78, 5) is 13.9. The Morgan fingerprint density at radius 2 is 2.11 bits per heavy atom. The molecule has 2 rings (SSSR count). The highest BCUT2D eigenvalue weighted by Crippen LogP contribution is 2.09. The van der Waals surface area contributed by atoms with Gasteiger partial charge in [-0.25, -0.2) is 0 Å². The number of nitrogens with zero attached hydrogens (tertiary/aromatic N) is 1. The van der Waals surface area contributed by atoms with Crippen LogP contribution in [0.15, 0.2) is 30.3 Å². The van der Waals surface area contributed by atoms with Crippen LogP contribution in [0, 0.1) is 0 Å². The fourth-order valence-electron chi connectivity index (χ4n) is 2.42. The summed E-state index contributed by atoms with van der Waals surface area (Å²) in [5.74, 6) is 0.202. The zero-order valence-electron chi connectivity index (χ0n) is 11.1. The van der Waals surface area contributed by atoms with Gasteiger partial charge in [-0.3, -0.25) is 4.79 Å². The Kier molecular flexibility index (Phi) is 4.76. The van der Waals surface area contributed by atoms with Gasteiger partial charge >= 0.3 is 0 Å². The largest absolute Gasteiger partial charge is 0.344 e. The second-order valence-electron chi connectivity index (χ2n) is 5.08. The molecule has 1 aliphatic heterocycles. The van der Waals surface area contributed by atoms with Crippen LogP contribution in [0.3, 0.4) is 0 Å². The number of piperidine rings is 1. The molecule has 1 heterocycles. The Hall–Kier alpha value is -1.35. The molecule has 0 saturated carbocycles. The van der Waals surface area contributed by atoms with Crippen molar-refractivity contribution in [2.75, 3.05) is 20.1 Å². The topological polar surface area (TPSA) is 32.3 Å². The molecule has 0 aromatic heterocycles. The Morgan fingerprint density at radius 3 is 2.78 bits per heavy atom. The summed E-state index contributed by atoms with van der Waals surface area (Å²) < 4.78 is 0. The lowest BCUT2D eigenvalue weighted by Gasteiger charge is -2.28. The van der Waals surface area contributed by atoms with Crippen LogP contribution in [0.1, 0.15) is 24.8 Å². The molecule has 1 aromatic carbocycles. The fraction of sp³-hybridized carbons (Fsp3) is 0.533. The standard InChI is InChI=1S/C15H22N2O/c1-17(12-14-9-5-6-10-16-14)15(18)11-13-7-3-2-4-8-13/h2-4,7-8,14,16H,5-6,9-12H2,1H3. The summed E-state index contributed by atoms with van der Waals surface area (Å²) in [6.45, 7) is 1.91. The molecule has 0 radical (unpaired) electrons. The van der Waals surface area contributed by atoms with Crippen molar-refractivity contribution in [2.24, 2.45) is 0 Å². The normalized spacial score (nSPS) is 19.5.